The molecule has 1 aromatic carbocycles. The highest BCUT2D eigenvalue weighted by molar-refractivity contribution is 5.66. The maximum atomic E-state index is 9.31. The van der Waals surface area contributed by atoms with Crippen molar-refractivity contribution in [3.63, 3.8) is 0 Å². The van der Waals surface area contributed by atoms with Gasteiger partial charge in [-0.25, -0.2) is 0 Å². The first-order valence-corrected chi connectivity index (χ1v) is 7.39. The Kier molecular flexibility index (Phi) is 3.86. The first-order chi connectivity index (χ1) is 9.83. The van der Waals surface area contributed by atoms with Crippen LogP contribution in [0.1, 0.15) is 42.7 Å². The Balaban J connectivity index is 1.79. The van der Waals surface area contributed by atoms with Gasteiger partial charge in [-0.1, -0.05) is 30.3 Å². The first kappa shape index (κ1) is 13.4. The van der Waals surface area contributed by atoms with Crippen LogP contribution >= 0.6 is 0 Å². The fraction of sp³-hybridized carbons (Fsp3) is 0.471. The third-order valence-corrected chi connectivity index (χ3v) is 4.48. The minimum Gasteiger partial charge on any atom is -0.395 e. The van der Waals surface area contributed by atoms with Crippen LogP contribution in [0.4, 0.5) is 0 Å². The highest BCUT2D eigenvalue weighted by atomic mass is 16.3. The van der Waals surface area contributed by atoms with Crippen molar-refractivity contribution in [2.45, 2.75) is 43.7 Å². The van der Waals surface area contributed by atoms with Crippen LogP contribution in [0.3, 0.4) is 0 Å². The van der Waals surface area contributed by atoms with Crippen LogP contribution in [0.5, 0.6) is 0 Å². The van der Waals surface area contributed by atoms with E-state index in [2.05, 4.69) is 41.7 Å². The summed E-state index contributed by atoms with van der Waals surface area (Å²) in [6.07, 6.45) is 7.29. The van der Waals surface area contributed by atoms with Crippen molar-refractivity contribution in [3.8, 4) is 6.07 Å². The number of nitriles is 1. The number of hydrogen-bond donors (Lipinski definition) is 2. The quantitative estimate of drug-likeness (QED) is 0.886. The normalized spacial score (nSPS) is 29.2. The van der Waals surface area contributed by atoms with E-state index in [1.165, 1.54) is 36.8 Å². The lowest BCUT2D eigenvalue weighted by atomic mass is 9.78. The summed E-state index contributed by atoms with van der Waals surface area (Å²) in [5.74, 6) is 0.111. The fourth-order valence-corrected chi connectivity index (χ4v) is 3.28. The fourth-order valence-electron chi connectivity index (χ4n) is 3.28. The topological polar surface area (TPSA) is 56.0 Å². The third-order valence-electron chi connectivity index (χ3n) is 4.48. The van der Waals surface area contributed by atoms with Crippen molar-refractivity contribution in [2.75, 3.05) is 6.61 Å². The maximum absolute atomic E-state index is 9.31. The van der Waals surface area contributed by atoms with Crippen LogP contribution in [0.25, 0.3) is 5.57 Å². The minimum atomic E-state index is -0.174. The molecule has 3 nitrogen and oxygen atoms in total. The van der Waals surface area contributed by atoms with Crippen LogP contribution in [0, 0.1) is 11.3 Å². The van der Waals surface area contributed by atoms with E-state index in [1.54, 1.807) is 0 Å². The molecule has 3 heteroatoms. The van der Waals surface area contributed by atoms with Gasteiger partial charge in [-0.2, -0.15) is 5.26 Å². The summed E-state index contributed by atoms with van der Waals surface area (Å²) in [6.45, 7) is 0.0791. The van der Waals surface area contributed by atoms with E-state index >= 15 is 0 Å². The molecule has 1 saturated heterocycles. The zero-order chi connectivity index (χ0) is 13.9. The molecule has 20 heavy (non-hydrogen) atoms. The SMILES string of the molecule is N#C[C@@H]1N[C@H](CO)[C@@H]1c1ccc(C2=CCCCC2)cc1. The molecule has 1 aliphatic carbocycles. The maximum Gasteiger partial charge on any atom is 0.104 e. The van der Waals surface area contributed by atoms with E-state index in [0.29, 0.717) is 0 Å². The molecule has 0 saturated carbocycles. The number of allylic oxidation sites excluding steroid dienone is 2. The molecule has 1 aromatic rings. The summed E-state index contributed by atoms with van der Waals surface area (Å²) in [4.78, 5) is 0. The van der Waals surface area contributed by atoms with Gasteiger partial charge in [-0.05, 0) is 42.4 Å². The second kappa shape index (κ2) is 5.78. The predicted molar refractivity (Wildman–Crippen MR) is 79.0 cm³/mol. The van der Waals surface area contributed by atoms with E-state index in [-0.39, 0.29) is 24.6 Å². The van der Waals surface area contributed by atoms with Gasteiger partial charge >= 0.3 is 0 Å². The zero-order valence-corrected chi connectivity index (χ0v) is 11.5. The number of aliphatic hydroxyl groups excluding tert-OH is 1. The summed E-state index contributed by atoms with van der Waals surface area (Å²) in [5, 5.41) is 21.5. The molecule has 0 radical (unpaired) electrons. The van der Waals surface area contributed by atoms with E-state index < -0.39 is 0 Å². The van der Waals surface area contributed by atoms with Crippen molar-refractivity contribution >= 4 is 5.57 Å². The monoisotopic (exact) mass is 268 g/mol. The van der Waals surface area contributed by atoms with Crippen molar-refractivity contribution in [1.29, 1.82) is 5.26 Å². The number of aliphatic hydroxyl groups is 1. The molecule has 0 aromatic heterocycles. The van der Waals surface area contributed by atoms with Gasteiger partial charge in [0.25, 0.3) is 0 Å². The lowest BCUT2D eigenvalue weighted by molar-refractivity contribution is 0.151. The predicted octanol–water partition coefficient (Wildman–Crippen LogP) is 2.58. The number of rotatable bonds is 3. The average molecular weight is 268 g/mol. The lowest BCUT2D eigenvalue weighted by Crippen LogP contribution is -2.60. The van der Waals surface area contributed by atoms with Crippen molar-refractivity contribution in [3.05, 3.63) is 41.5 Å². The first-order valence-electron chi connectivity index (χ1n) is 7.39. The summed E-state index contributed by atoms with van der Waals surface area (Å²) >= 11 is 0. The highest BCUT2D eigenvalue weighted by Crippen LogP contribution is 2.33. The van der Waals surface area contributed by atoms with Crippen LogP contribution < -0.4 is 5.32 Å². The average Bonchev–Trinajstić information content (AvgIpc) is 2.49. The van der Waals surface area contributed by atoms with E-state index in [4.69, 9.17) is 5.26 Å². The van der Waals surface area contributed by atoms with Crippen LogP contribution in [0.15, 0.2) is 30.3 Å². The number of benzene rings is 1. The van der Waals surface area contributed by atoms with Gasteiger partial charge in [0, 0.05) is 12.0 Å². The number of nitrogens with one attached hydrogen (secondary N) is 1. The van der Waals surface area contributed by atoms with Gasteiger partial charge in [-0.3, -0.25) is 5.32 Å². The van der Waals surface area contributed by atoms with E-state index in [9.17, 15) is 5.11 Å². The van der Waals surface area contributed by atoms with Crippen molar-refractivity contribution in [2.24, 2.45) is 0 Å². The lowest BCUT2D eigenvalue weighted by Gasteiger charge is -2.42. The molecule has 104 valence electrons. The Labute approximate surface area is 119 Å². The van der Waals surface area contributed by atoms with Gasteiger partial charge in [0.2, 0.25) is 0 Å². The van der Waals surface area contributed by atoms with Crippen molar-refractivity contribution < 1.29 is 5.11 Å². The largest absolute Gasteiger partial charge is 0.395 e. The second-order valence-corrected chi connectivity index (χ2v) is 5.69. The molecule has 1 heterocycles. The molecular weight excluding hydrogens is 248 g/mol. The van der Waals surface area contributed by atoms with Gasteiger partial charge in [0.15, 0.2) is 0 Å². The third kappa shape index (κ3) is 2.37. The van der Waals surface area contributed by atoms with Crippen LogP contribution in [0.2, 0.25) is 0 Å². The summed E-state index contributed by atoms with van der Waals surface area (Å²) in [6, 6.07) is 10.6. The van der Waals surface area contributed by atoms with Gasteiger partial charge in [0.05, 0.1) is 12.7 Å². The number of nitrogens with zero attached hydrogens (tertiary/aromatic N) is 1. The standard InChI is InChI=1S/C17H20N2O/c18-10-15-17(16(11-20)19-15)14-8-6-13(7-9-14)12-4-2-1-3-5-12/h4,6-9,15-17,19-20H,1-3,5,11H2/t15-,16+,17+/m0/s1. The Morgan fingerprint density at radius 2 is 2.05 bits per heavy atom. The molecule has 0 bridgehead atoms. The molecule has 0 amide bonds. The Morgan fingerprint density at radius 3 is 2.65 bits per heavy atom. The Morgan fingerprint density at radius 1 is 1.25 bits per heavy atom. The minimum absolute atomic E-state index is 0.0133. The molecule has 1 aliphatic heterocycles. The summed E-state index contributed by atoms with van der Waals surface area (Å²) < 4.78 is 0. The van der Waals surface area contributed by atoms with E-state index in [0.717, 1.165) is 5.56 Å². The van der Waals surface area contributed by atoms with Gasteiger partial charge < -0.3 is 5.11 Å². The molecule has 0 unspecified atom stereocenters. The van der Waals surface area contributed by atoms with Crippen LogP contribution in [-0.2, 0) is 0 Å². The van der Waals surface area contributed by atoms with Crippen molar-refractivity contribution in [1.82, 2.24) is 5.32 Å². The van der Waals surface area contributed by atoms with Gasteiger partial charge in [0.1, 0.15) is 6.04 Å². The molecule has 0 spiro atoms. The smallest absolute Gasteiger partial charge is 0.104 e. The van der Waals surface area contributed by atoms with Crippen LogP contribution in [-0.4, -0.2) is 23.8 Å². The summed E-state index contributed by atoms with van der Waals surface area (Å²) in [7, 11) is 0. The molecule has 1 fully saturated rings. The molecule has 3 rings (SSSR count). The highest BCUT2D eigenvalue weighted by Gasteiger charge is 2.41. The molecule has 2 aliphatic rings. The second-order valence-electron chi connectivity index (χ2n) is 5.69. The van der Waals surface area contributed by atoms with E-state index in [1.807, 2.05) is 0 Å². The summed E-state index contributed by atoms with van der Waals surface area (Å²) in [5.41, 5.74) is 3.90. The molecule has 2 N–H and O–H groups in total. The molecule has 3 atom stereocenters. The Bertz CT molecular complexity index is 541. The Hall–Kier alpha value is -1.63. The number of hydrogen-bond acceptors (Lipinski definition) is 3. The molecular formula is C17H20N2O. The zero-order valence-electron chi connectivity index (χ0n) is 11.5. The van der Waals surface area contributed by atoms with Gasteiger partial charge in [-0.15, -0.1) is 0 Å².